The normalized spacial score (nSPS) is 13.9. The molecule has 1 fully saturated rings. The number of carbonyl (C=O) groups excluding carboxylic acids is 2. The molecule has 39 heavy (non-hydrogen) atoms. The number of aromatic nitrogens is 6. The molecule has 0 radical (unpaired) electrons. The van der Waals surface area contributed by atoms with Gasteiger partial charge in [-0.15, -0.1) is 11.8 Å². The summed E-state index contributed by atoms with van der Waals surface area (Å²) in [5, 5.41) is 15.8. The second kappa shape index (κ2) is 11.6. The van der Waals surface area contributed by atoms with Crippen LogP contribution in [0, 0.1) is 5.92 Å². The van der Waals surface area contributed by atoms with E-state index in [0.717, 1.165) is 46.6 Å². The monoisotopic (exact) mass is 584 g/mol. The molecule has 1 aliphatic carbocycles. The van der Waals surface area contributed by atoms with Gasteiger partial charge in [0.25, 0.3) is 15.0 Å². The molecule has 5 rings (SSSR count). The summed E-state index contributed by atoms with van der Waals surface area (Å²) in [4.78, 5) is 35.3. The average molecular weight is 585 g/mol. The Hall–Kier alpha value is -3.69. The Kier molecular flexibility index (Phi) is 7.99. The highest BCUT2D eigenvalue weighted by Gasteiger charge is 2.31. The van der Waals surface area contributed by atoms with Crippen LogP contribution in [0.2, 0.25) is 0 Å². The molecule has 3 aromatic heterocycles. The second-order valence-corrected chi connectivity index (χ2v) is 12.9. The minimum atomic E-state index is -4.12. The lowest BCUT2D eigenvalue weighted by atomic mass is 9.96. The summed E-state index contributed by atoms with van der Waals surface area (Å²) in [5.41, 5.74) is 0.929. The average Bonchev–Trinajstić information content (AvgIpc) is 3.70. The molecule has 0 aliphatic heterocycles. The van der Waals surface area contributed by atoms with E-state index in [2.05, 4.69) is 36.1 Å². The Labute approximate surface area is 232 Å². The quantitative estimate of drug-likeness (QED) is 0.215. The van der Waals surface area contributed by atoms with E-state index in [-0.39, 0.29) is 37.6 Å². The van der Waals surface area contributed by atoms with Crippen molar-refractivity contribution in [2.45, 2.75) is 45.7 Å². The van der Waals surface area contributed by atoms with Gasteiger partial charge in [0, 0.05) is 36.0 Å². The number of Topliss-reactive ketones (excluding diaryl/α,β-unsaturated/α-hetero) is 1. The first kappa shape index (κ1) is 26.9. The predicted molar refractivity (Wildman–Crippen MR) is 146 cm³/mol. The predicted octanol–water partition coefficient (Wildman–Crippen LogP) is 4.20. The lowest BCUT2D eigenvalue weighted by Crippen LogP contribution is -2.22. The molecule has 1 aliphatic rings. The van der Waals surface area contributed by atoms with Gasteiger partial charge in [0.15, 0.2) is 15.1 Å². The van der Waals surface area contributed by atoms with Gasteiger partial charge >= 0.3 is 6.03 Å². The number of hydrogen-bond donors (Lipinski definition) is 2. The highest BCUT2D eigenvalue weighted by molar-refractivity contribution is 7.98. The van der Waals surface area contributed by atoms with E-state index in [4.69, 9.17) is 0 Å². The molecule has 0 atom stereocenters. The highest BCUT2D eigenvalue weighted by atomic mass is 32.2. The van der Waals surface area contributed by atoms with Crippen molar-refractivity contribution in [3.05, 3.63) is 60.0 Å². The first-order chi connectivity index (χ1) is 18.8. The fourth-order valence-electron chi connectivity index (χ4n) is 4.25. The molecule has 0 saturated heterocycles. The number of urea groups is 1. The second-order valence-electron chi connectivity index (χ2n) is 8.79. The Bertz CT molecular complexity index is 1600. The van der Waals surface area contributed by atoms with Gasteiger partial charge in [0.05, 0.1) is 16.9 Å². The smallest absolute Gasteiger partial charge is 0.307 e. The third-order valence-corrected chi connectivity index (χ3v) is 10.4. The maximum absolute atomic E-state index is 13.4. The summed E-state index contributed by atoms with van der Waals surface area (Å²) in [5.74, 6) is 0.106. The number of thioether (sulfide) groups is 1. The number of rotatable bonds is 9. The third kappa shape index (κ3) is 5.99. The number of ketones is 1. The van der Waals surface area contributed by atoms with Crippen LogP contribution in [0.25, 0.3) is 0 Å². The number of anilines is 2. The molecular formula is C24H24N8O4S3. The minimum absolute atomic E-state index is 0.0453. The van der Waals surface area contributed by atoms with Gasteiger partial charge in [0.1, 0.15) is 0 Å². The zero-order valence-electron chi connectivity index (χ0n) is 20.8. The number of tetrazole rings is 1. The molecule has 0 bridgehead atoms. The Morgan fingerprint density at radius 3 is 2.62 bits per heavy atom. The molecule has 15 heteroatoms. The van der Waals surface area contributed by atoms with Crippen LogP contribution in [-0.2, 0) is 22.6 Å². The van der Waals surface area contributed by atoms with Crippen LogP contribution in [-0.4, -0.2) is 50.4 Å². The number of pyridine rings is 1. The largest absolute Gasteiger partial charge is 0.325 e. The van der Waals surface area contributed by atoms with E-state index in [9.17, 15) is 18.0 Å². The van der Waals surface area contributed by atoms with Crippen LogP contribution < -0.4 is 10.6 Å². The summed E-state index contributed by atoms with van der Waals surface area (Å²) in [6, 6.07) is 10.4. The fraction of sp³-hybridized carbons (Fsp3) is 0.292. The Balaban J connectivity index is 1.39. The zero-order valence-corrected chi connectivity index (χ0v) is 23.2. The summed E-state index contributed by atoms with van der Waals surface area (Å²) >= 11 is 2.21. The van der Waals surface area contributed by atoms with Gasteiger partial charge in [-0.2, -0.15) is 0 Å². The van der Waals surface area contributed by atoms with Crippen molar-refractivity contribution in [3.63, 3.8) is 0 Å². The number of sulfone groups is 1. The molecule has 1 aromatic carbocycles. The first-order valence-electron chi connectivity index (χ1n) is 12.0. The van der Waals surface area contributed by atoms with Crippen molar-refractivity contribution in [1.29, 1.82) is 0 Å². The molecule has 3 heterocycles. The van der Waals surface area contributed by atoms with Crippen LogP contribution in [0.3, 0.4) is 0 Å². The van der Waals surface area contributed by atoms with E-state index in [1.807, 2.05) is 30.3 Å². The number of nitrogens with zero attached hydrogens (tertiary/aromatic N) is 6. The highest BCUT2D eigenvalue weighted by Crippen LogP contribution is 2.35. The molecule has 0 spiro atoms. The molecule has 2 N–H and O–H groups in total. The van der Waals surface area contributed by atoms with E-state index in [0.29, 0.717) is 11.3 Å². The molecule has 4 aromatic rings. The molecule has 12 nitrogen and oxygen atoms in total. The van der Waals surface area contributed by atoms with Crippen LogP contribution >= 0.6 is 23.1 Å². The van der Waals surface area contributed by atoms with Gasteiger partial charge in [-0.1, -0.05) is 47.5 Å². The number of carbonyl (C=O) groups is 2. The number of aryl methyl sites for hydroxylation is 1. The number of nitrogens with one attached hydrogen (secondary N) is 2. The third-order valence-electron chi connectivity index (χ3n) is 6.13. The van der Waals surface area contributed by atoms with Crippen LogP contribution in [0.4, 0.5) is 15.6 Å². The van der Waals surface area contributed by atoms with Crippen molar-refractivity contribution in [3.8, 4) is 0 Å². The number of thiazole rings is 1. The van der Waals surface area contributed by atoms with Crippen molar-refractivity contribution in [2.24, 2.45) is 13.0 Å². The van der Waals surface area contributed by atoms with Crippen LogP contribution in [0.15, 0.2) is 63.1 Å². The molecule has 2 amide bonds. The van der Waals surface area contributed by atoms with Gasteiger partial charge in [-0.3, -0.25) is 15.1 Å². The zero-order chi connectivity index (χ0) is 27.4. The molecule has 202 valence electrons. The summed E-state index contributed by atoms with van der Waals surface area (Å²) in [7, 11) is -2.69. The van der Waals surface area contributed by atoms with E-state index >= 15 is 0 Å². The summed E-state index contributed by atoms with van der Waals surface area (Å²) < 4.78 is 27.8. The van der Waals surface area contributed by atoms with Crippen LogP contribution in [0.5, 0.6) is 0 Å². The lowest BCUT2D eigenvalue weighted by molar-refractivity contribution is 0.0923. The van der Waals surface area contributed by atoms with Gasteiger partial charge in [-0.25, -0.2) is 22.9 Å². The van der Waals surface area contributed by atoms with Crippen molar-refractivity contribution in [2.75, 3.05) is 10.6 Å². The maximum Gasteiger partial charge on any atom is 0.325 e. The van der Waals surface area contributed by atoms with E-state index < -0.39 is 15.9 Å². The van der Waals surface area contributed by atoms with Crippen LogP contribution in [0.1, 0.15) is 41.7 Å². The summed E-state index contributed by atoms with van der Waals surface area (Å²) in [6.45, 7) is 0. The van der Waals surface area contributed by atoms with E-state index in [1.54, 1.807) is 6.07 Å². The Morgan fingerprint density at radius 1 is 1.13 bits per heavy atom. The number of benzene rings is 1. The minimum Gasteiger partial charge on any atom is -0.307 e. The van der Waals surface area contributed by atoms with Gasteiger partial charge in [-0.05, 0) is 41.5 Å². The lowest BCUT2D eigenvalue weighted by Gasteiger charge is -2.13. The topological polar surface area (TPSA) is 162 Å². The van der Waals surface area contributed by atoms with Crippen molar-refractivity contribution < 1.29 is 18.0 Å². The standard InChI is InChI=1S/C24H24N8O4S3/c1-32-24(29-30-31-32)39(35,36)21-19(14-37-16-9-3-2-4-10-16)27-23(38-21)28-22(34)26-18-11-12-25-13-17(18)20(33)15-7-5-6-8-15/h2-4,9-13,15H,5-8,14H2,1H3,(H2,25,26,27,28,34). The fourth-order valence-corrected chi connectivity index (χ4v) is 8.03. The van der Waals surface area contributed by atoms with E-state index in [1.165, 1.54) is 31.2 Å². The summed E-state index contributed by atoms with van der Waals surface area (Å²) in [6.07, 6.45) is 6.59. The molecular weight excluding hydrogens is 561 g/mol. The SMILES string of the molecule is Cn1nnnc1S(=O)(=O)c1sc(NC(=O)Nc2ccncc2C(=O)C2CCCC2)nc1CSc1ccccc1. The first-order valence-corrected chi connectivity index (χ1v) is 15.3. The maximum atomic E-state index is 13.4. The number of amides is 2. The molecule has 0 unspecified atom stereocenters. The van der Waals surface area contributed by atoms with Crippen molar-refractivity contribution >= 4 is 55.6 Å². The van der Waals surface area contributed by atoms with Gasteiger partial charge < -0.3 is 5.32 Å². The van der Waals surface area contributed by atoms with Crippen molar-refractivity contribution in [1.82, 2.24) is 30.2 Å². The Morgan fingerprint density at radius 2 is 1.90 bits per heavy atom. The van der Waals surface area contributed by atoms with Gasteiger partial charge in [0.2, 0.25) is 0 Å². The number of hydrogen-bond acceptors (Lipinski definition) is 11. The molecule has 1 saturated carbocycles.